The number of piperazine rings is 1. The van der Waals surface area contributed by atoms with Crippen LogP contribution in [-0.4, -0.2) is 35.3 Å². The molecule has 0 unspecified atom stereocenters. The minimum absolute atomic E-state index is 0.133. The van der Waals surface area contributed by atoms with Crippen molar-refractivity contribution < 1.29 is 14.3 Å². The molecule has 0 spiro atoms. The van der Waals surface area contributed by atoms with E-state index in [4.69, 9.17) is 4.74 Å². The van der Waals surface area contributed by atoms with Gasteiger partial charge in [0.15, 0.2) is 0 Å². The van der Waals surface area contributed by atoms with Gasteiger partial charge in [0.1, 0.15) is 17.0 Å². The molecule has 124 valence electrons. The molecule has 0 aromatic heterocycles. The van der Waals surface area contributed by atoms with Crippen molar-refractivity contribution in [3.8, 4) is 11.5 Å². The van der Waals surface area contributed by atoms with Gasteiger partial charge in [-0.05, 0) is 50.2 Å². The summed E-state index contributed by atoms with van der Waals surface area (Å²) in [5.74, 6) is 1.12. The Morgan fingerprint density at radius 1 is 1.04 bits per heavy atom. The van der Waals surface area contributed by atoms with Gasteiger partial charge in [-0.1, -0.05) is 18.2 Å². The maximum absolute atomic E-state index is 12.7. The number of nitrogens with zero attached hydrogens (tertiary/aromatic N) is 1. The molecule has 3 rings (SSSR count). The summed E-state index contributed by atoms with van der Waals surface area (Å²) in [6.45, 7) is 4.49. The van der Waals surface area contributed by atoms with E-state index in [0.29, 0.717) is 24.4 Å². The van der Waals surface area contributed by atoms with E-state index in [2.05, 4.69) is 5.32 Å². The van der Waals surface area contributed by atoms with Gasteiger partial charge in [-0.3, -0.25) is 9.59 Å². The first-order valence-electron chi connectivity index (χ1n) is 7.92. The number of carbonyl (C=O) groups is 2. The van der Waals surface area contributed by atoms with Crippen LogP contribution in [0.25, 0.3) is 0 Å². The van der Waals surface area contributed by atoms with Crippen LogP contribution in [0.1, 0.15) is 24.2 Å². The molecular weight excluding hydrogens is 304 g/mol. The fourth-order valence-corrected chi connectivity index (χ4v) is 2.70. The Hall–Kier alpha value is -2.82. The predicted molar refractivity (Wildman–Crippen MR) is 91.1 cm³/mol. The third-order valence-corrected chi connectivity index (χ3v) is 4.18. The Kier molecular flexibility index (Phi) is 4.25. The molecular formula is C19H20N2O3. The van der Waals surface area contributed by atoms with Gasteiger partial charge in [0.2, 0.25) is 5.91 Å². The van der Waals surface area contributed by atoms with Crippen LogP contribution in [0.2, 0.25) is 0 Å². The van der Waals surface area contributed by atoms with Crippen molar-refractivity contribution in [1.29, 1.82) is 0 Å². The highest BCUT2D eigenvalue weighted by Crippen LogP contribution is 2.24. The van der Waals surface area contributed by atoms with Crippen LogP contribution in [0.5, 0.6) is 11.5 Å². The summed E-state index contributed by atoms with van der Waals surface area (Å²) < 4.78 is 5.73. The largest absolute Gasteiger partial charge is 0.457 e. The minimum atomic E-state index is -0.853. The Bertz CT molecular complexity index is 739. The Morgan fingerprint density at radius 2 is 1.67 bits per heavy atom. The van der Waals surface area contributed by atoms with Gasteiger partial charge in [0.25, 0.3) is 5.91 Å². The van der Waals surface area contributed by atoms with Crippen LogP contribution in [-0.2, 0) is 4.79 Å². The summed E-state index contributed by atoms with van der Waals surface area (Å²) in [6.07, 6.45) is 0. The van der Waals surface area contributed by atoms with Crippen LogP contribution in [0.4, 0.5) is 0 Å². The van der Waals surface area contributed by atoms with Crippen molar-refractivity contribution in [2.45, 2.75) is 19.4 Å². The molecule has 0 saturated carbocycles. The second-order valence-corrected chi connectivity index (χ2v) is 6.21. The van der Waals surface area contributed by atoms with Crippen molar-refractivity contribution in [1.82, 2.24) is 10.2 Å². The van der Waals surface area contributed by atoms with Gasteiger partial charge in [0, 0.05) is 18.7 Å². The van der Waals surface area contributed by atoms with E-state index in [9.17, 15) is 9.59 Å². The topological polar surface area (TPSA) is 58.6 Å². The molecule has 1 saturated heterocycles. The number of amides is 2. The van der Waals surface area contributed by atoms with Gasteiger partial charge in [-0.2, -0.15) is 0 Å². The average Bonchev–Trinajstić information content (AvgIpc) is 2.58. The van der Waals surface area contributed by atoms with Crippen molar-refractivity contribution in [2.75, 3.05) is 13.1 Å². The highest BCUT2D eigenvalue weighted by molar-refractivity contribution is 5.99. The SMILES string of the molecule is CC1(C)C(=O)NCCN1C(=O)c1ccc(Oc2ccccc2)cc1. The number of ether oxygens (including phenoxy) is 1. The summed E-state index contributed by atoms with van der Waals surface area (Å²) in [7, 11) is 0. The molecule has 5 heteroatoms. The van der Waals surface area contributed by atoms with Gasteiger partial charge >= 0.3 is 0 Å². The van der Waals surface area contributed by atoms with E-state index < -0.39 is 5.54 Å². The highest BCUT2D eigenvalue weighted by atomic mass is 16.5. The molecule has 1 aliphatic rings. The van der Waals surface area contributed by atoms with Gasteiger partial charge < -0.3 is 15.0 Å². The van der Waals surface area contributed by atoms with Crippen LogP contribution in [0.15, 0.2) is 54.6 Å². The van der Waals surface area contributed by atoms with E-state index in [1.807, 2.05) is 30.3 Å². The zero-order chi connectivity index (χ0) is 17.2. The molecule has 24 heavy (non-hydrogen) atoms. The second-order valence-electron chi connectivity index (χ2n) is 6.21. The Morgan fingerprint density at radius 3 is 2.33 bits per heavy atom. The summed E-state index contributed by atoms with van der Waals surface area (Å²) >= 11 is 0. The van der Waals surface area contributed by atoms with Crippen LogP contribution < -0.4 is 10.1 Å². The molecule has 1 fully saturated rings. The molecule has 2 aromatic carbocycles. The van der Waals surface area contributed by atoms with Gasteiger partial charge in [-0.15, -0.1) is 0 Å². The number of nitrogens with one attached hydrogen (secondary N) is 1. The predicted octanol–water partition coefficient (Wildman–Crippen LogP) is 2.83. The molecule has 0 radical (unpaired) electrons. The van der Waals surface area contributed by atoms with E-state index in [1.54, 1.807) is 43.0 Å². The minimum Gasteiger partial charge on any atom is -0.457 e. The van der Waals surface area contributed by atoms with E-state index >= 15 is 0 Å². The monoisotopic (exact) mass is 324 g/mol. The Balaban J connectivity index is 1.75. The van der Waals surface area contributed by atoms with Crippen LogP contribution >= 0.6 is 0 Å². The van der Waals surface area contributed by atoms with E-state index in [-0.39, 0.29) is 11.8 Å². The lowest BCUT2D eigenvalue weighted by molar-refractivity contribution is -0.133. The smallest absolute Gasteiger partial charge is 0.254 e. The average molecular weight is 324 g/mol. The first-order chi connectivity index (χ1) is 11.5. The number of carbonyl (C=O) groups excluding carboxylic acids is 2. The van der Waals surface area contributed by atoms with Crippen LogP contribution in [0.3, 0.4) is 0 Å². The standard InChI is InChI=1S/C19H20N2O3/c1-19(2)18(23)20-12-13-21(19)17(22)14-8-10-16(11-9-14)24-15-6-4-3-5-7-15/h3-11H,12-13H2,1-2H3,(H,20,23). The third kappa shape index (κ3) is 3.11. The zero-order valence-electron chi connectivity index (χ0n) is 13.8. The Labute approximate surface area is 141 Å². The van der Waals surface area contributed by atoms with Crippen molar-refractivity contribution in [2.24, 2.45) is 0 Å². The first-order valence-corrected chi connectivity index (χ1v) is 7.92. The molecule has 1 heterocycles. The fourth-order valence-electron chi connectivity index (χ4n) is 2.70. The molecule has 1 aliphatic heterocycles. The summed E-state index contributed by atoms with van der Waals surface area (Å²) in [4.78, 5) is 26.3. The quantitative estimate of drug-likeness (QED) is 0.944. The first kappa shape index (κ1) is 16.1. The molecule has 5 nitrogen and oxygen atoms in total. The molecule has 0 bridgehead atoms. The summed E-state index contributed by atoms with van der Waals surface area (Å²) in [5.41, 5.74) is -0.313. The molecule has 2 aromatic rings. The summed E-state index contributed by atoms with van der Waals surface area (Å²) in [5, 5.41) is 2.79. The normalized spacial score (nSPS) is 16.4. The molecule has 0 atom stereocenters. The zero-order valence-corrected chi connectivity index (χ0v) is 13.8. The lowest BCUT2D eigenvalue weighted by atomic mass is 9.97. The molecule has 1 N–H and O–H groups in total. The third-order valence-electron chi connectivity index (χ3n) is 4.18. The van der Waals surface area contributed by atoms with Crippen LogP contribution in [0, 0.1) is 0 Å². The van der Waals surface area contributed by atoms with Gasteiger partial charge in [0.05, 0.1) is 0 Å². The maximum Gasteiger partial charge on any atom is 0.254 e. The molecule has 2 amide bonds. The van der Waals surface area contributed by atoms with Crippen molar-refractivity contribution in [3.63, 3.8) is 0 Å². The number of rotatable bonds is 3. The lowest BCUT2D eigenvalue weighted by Gasteiger charge is -2.41. The summed E-state index contributed by atoms with van der Waals surface area (Å²) in [6, 6.07) is 16.4. The fraction of sp³-hybridized carbons (Fsp3) is 0.263. The number of hydrogen-bond acceptors (Lipinski definition) is 3. The van der Waals surface area contributed by atoms with E-state index in [0.717, 1.165) is 5.75 Å². The highest BCUT2D eigenvalue weighted by Gasteiger charge is 2.40. The maximum atomic E-state index is 12.7. The lowest BCUT2D eigenvalue weighted by Crippen LogP contribution is -2.63. The molecule has 0 aliphatic carbocycles. The van der Waals surface area contributed by atoms with E-state index in [1.165, 1.54) is 0 Å². The number of benzene rings is 2. The number of hydrogen-bond donors (Lipinski definition) is 1. The second kappa shape index (κ2) is 6.35. The number of para-hydroxylation sites is 1. The van der Waals surface area contributed by atoms with Crippen molar-refractivity contribution in [3.05, 3.63) is 60.2 Å². The van der Waals surface area contributed by atoms with Crippen molar-refractivity contribution >= 4 is 11.8 Å². The van der Waals surface area contributed by atoms with Gasteiger partial charge in [-0.25, -0.2) is 0 Å².